The molecular formula is C17H23N3O5. The molecule has 136 valence electrons. The van der Waals surface area contributed by atoms with Crippen molar-refractivity contribution in [2.45, 2.75) is 6.54 Å². The van der Waals surface area contributed by atoms with E-state index in [1.807, 2.05) is 0 Å². The highest BCUT2D eigenvalue weighted by Gasteiger charge is 2.30. The Morgan fingerprint density at radius 1 is 1.16 bits per heavy atom. The van der Waals surface area contributed by atoms with Crippen molar-refractivity contribution in [2.75, 3.05) is 47.1 Å². The molecular weight excluding hydrogens is 326 g/mol. The van der Waals surface area contributed by atoms with Gasteiger partial charge >= 0.3 is 6.03 Å². The summed E-state index contributed by atoms with van der Waals surface area (Å²) in [5.74, 6) is -0.486. The Kier molecular flexibility index (Phi) is 6.91. The molecule has 0 spiro atoms. The first-order valence-corrected chi connectivity index (χ1v) is 8.01. The maximum Gasteiger partial charge on any atom is 0.324 e. The number of imide groups is 1. The fourth-order valence-electron chi connectivity index (χ4n) is 2.54. The molecule has 0 bridgehead atoms. The van der Waals surface area contributed by atoms with E-state index in [1.54, 1.807) is 43.4 Å². The number of ether oxygens (including phenoxy) is 2. The minimum absolute atomic E-state index is 0.0112. The molecule has 1 saturated heterocycles. The summed E-state index contributed by atoms with van der Waals surface area (Å²) in [4.78, 5) is 39.2. The van der Waals surface area contributed by atoms with Gasteiger partial charge in [-0.1, -0.05) is 18.2 Å². The third-order valence-corrected chi connectivity index (χ3v) is 3.93. The molecule has 25 heavy (non-hydrogen) atoms. The molecule has 1 aromatic rings. The van der Waals surface area contributed by atoms with Crippen LogP contribution in [0, 0.1) is 0 Å². The van der Waals surface area contributed by atoms with Crippen molar-refractivity contribution in [1.29, 1.82) is 0 Å². The van der Waals surface area contributed by atoms with Crippen molar-refractivity contribution in [3.63, 3.8) is 0 Å². The van der Waals surface area contributed by atoms with Gasteiger partial charge < -0.3 is 19.7 Å². The van der Waals surface area contributed by atoms with Crippen LogP contribution < -0.4 is 5.32 Å². The van der Waals surface area contributed by atoms with Crippen LogP contribution in [0.3, 0.4) is 0 Å². The molecule has 0 radical (unpaired) electrons. The first kappa shape index (κ1) is 18.9. The van der Waals surface area contributed by atoms with E-state index in [0.29, 0.717) is 37.4 Å². The second-order valence-corrected chi connectivity index (χ2v) is 5.57. The van der Waals surface area contributed by atoms with E-state index in [0.717, 1.165) is 4.90 Å². The molecule has 8 heteroatoms. The lowest BCUT2D eigenvalue weighted by Crippen LogP contribution is -2.37. The van der Waals surface area contributed by atoms with E-state index in [-0.39, 0.29) is 24.9 Å². The third-order valence-electron chi connectivity index (χ3n) is 3.93. The lowest BCUT2D eigenvalue weighted by atomic mass is 10.1. The first-order valence-electron chi connectivity index (χ1n) is 8.01. The highest BCUT2D eigenvalue weighted by molar-refractivity contribution is 6.02. The van der Waals surface area contributed by atoms with Crippen LogP contribution in [-0.4, -0.2) is 74.7 Å². The molecule has 0 unspecified atom stereocenters. The number of benzene rings is 1. The van der Waals surface area contributed by atoms with E-state index < -0.39 is 6.03 Å². The summed E-state index contributed by atoms with van der Waals surface area (Å²) < 4.78 is 10.1. The maximum atomic E-state index is 12.9. The lowest BCUT2D eigenvalue weighted by molar-refractivity contribution is -0.125. The van der Waals surface area contributed by atoms with Crippen LogP contribution >= 0.6 is 0 Å². The van der Waals surface area contributed by atoms with Gasteiger partial charge in [-0.2, -0.15) is 0 Å². The number of hydrogen-bond donors (Lipinski definition) is 1. The molecule has 1 N–H and O–H groups in total. The number of carbonyl (C=O) groups excluding carboxylic acids is 3. The Hall–Kier alpha value is -2.45. The largest absolute Gasteiger partial charge is 0.383 e. The van der Waals surface area contributed by atoms with Crippen molar-refractivity contribution in [1.82, 2.24) is 15.1 Å². The zero-order valence-corrected chi connectivity index (χ0v) is 14.5. The quantitative estimate of drug-likeness (QED) is 0.655. The van der Waals surface area contributed by atoms with Gasteiger partial charge in [0.25, 0.3) is 5.91 Å². The van der Waals surface area contributed by atoms with Crippen LogP contribution in [0.15, 0.2) is 24.3 Å². The molecule has 1 aliphatic rings. The normalized spacial score (nSPS) is 13.9. The topological polar surface area (TPSA) is 88.2 Å². The summed E-state index contributed by atoms with van der Waals surface area (Å²) >= 11 is 0. The summed E-state index contributed by atoms with van der Waals surface area (Å²) in [6, 6.07) is 6.54. The average molecular weight is 349 g/mol. The maximum absolute atomic E-state index is 12.9. The number of hydrogen-bond acceptors (Lipinski definition) is 5. The van der Waals surface area contributed by atoms with Crippen LogP contribution in [0.4, 0.5) is 4.79 Å². The number of methoxy groups -OCH3 is 2. The highest BCUT2D eigenvalue weighted by Crippen LogP contribution is 2.16. The molecule has 0 saturated carbocycles. The number of nitrogens with one attached hydrogen (secondary N) is 1. The lowest BCUT2D eigenvalue weighted by Gasteiger charge is -2.24. The predicted octanol–water partition coefficient (Wildman–Crippen LogP) is 0.473. The Morgan fingerprint density at radius 3 is 2.36 bits per heavy atom. The van der Waals surface area contributed by atoms with E-state index >= 15 is 0 Å². The number of rotatable bonds is 9. The van der Waals surface area contributed by atoms with Gasteiger partial charge in [0.05, 0.1) is 26.3 Å². The summed E-state index contributed by atoms with van der Waals surface area (Å²) in [7, 11) is 3.15. The van der Waals surface area contributed by atoms with Gasteiger partial charge in [0.15, 0.2) is 0 Å². The van der Waals surface area contributed by atoms with Crippen molar-refractivity contribution in [2.24, 2.45) is 0 Å². The van der Waals surface area contributed by atoms with Gasteiger partial charge in [-0.25, -0.2) is 4.79 Å². The van der Waals surface area contributed by atoms with Crippen molar-refractivity contribution in [3.8, 4) is 0 Å². The van der Waals surface area contributed by atoms with Gasteiger partial charge in [-0.05, 0) is 11.6 Å². The van der Waals surface area contributed by atoms with E-state index in [2.05, 4.69) is 5.32 Å². The van der Waals surface area contributed by atoms with Crippen molar-refractivity contribution in [3.05, 3.63) is 35.4 Å². The SMILES string of the molecule is COCCN(CCOC)C(=O)c1ccccc1CN1C(=O)CNC1=O. The standard InChI is InChI=1S/C17H23N3O5/c1-24-9-7-19(8-10-25-2)16(22)14-6-4-3-5-13(14)12-20-15(21)11-18-17(20)23/h3-6H,7-12H2,1-2H3,(H,18,23). The van der Waals surface area contributed by atoms with Gasteiger partial charge in [0.1, 0.15) is 0 Å². The first-order chi connectivity index (χ1) is 12.1. The summed E-state index contributed by atoms with van der Waals surface area (Å²) in [5.41, 5.74) is 1.08. The van der Waals surface area contributed by atoms with Crippen LogP contribution in [0.5, 0.6) is 0 Å². The second kappa shape index (κ2) is 9.14. The van der Waals surface area contributed by atoms with E-state index in [4.69, 9.17) is 9.47 Å². The average Bonchev–Trinajstić information content (AvgIpc) is 2.94. The number of urea groups is 1. The van der Waals surface area contributed by atoms with Crippen LogP contribution in [0.1, 0.15) is 15.9 Å². The van der Waals surface area contributed by atoms with Crippen molar-refractivity contribution < 1.29 is 23.9 Å². The van der Waals surface area contributed by atoms with Crippen LogP contribution in [0.2, 0.25) is 0 Å². The molecule has 8 nitrogen and oxygen atoms in total. The van der Waals surface area contributed by atoms with Gasteiger partial charge in [-0.15, -0.1) is 0 Å². The van der Waals surface area contributed by atoms with Crippen LogP contribution in [-0.2, 0) is 20.8 Å². The fourth-order valence-corrected chi connectivity index (χ4v) is 2.54. The molecule has 4 amide bonds. The van der Waals surface area contributed by atoms with Gasteiger partial charge in [0.2, 0.25) is 5.91 Å². The molecule has 1 aliphatic heterocycles. The molecule has 1 fully saturated rings. The van der Waals surface area contributed by atoms with Crippen LogP contribution in [0.25, 0.3) is 0 Å². The molecule has 0 aliphatic carbocycles. The fraction of sp³-hybridized carbons (Fsp3) is 0.471. The minimum atomic E-state index is -0.442. The molecule has 0 atom stereocenters. The van der Waals surface area contributed by atoms with E-state index in [9.17, 15) is 14.4 Å². The molecule has 1 aromatic carbocycles. The van der Waals surface area contributed by atoms with Gasteiger partial charge in [0, 0.05) is 32.9 Å². The summed E-state index contributed by atoms with van der Waals surface area (Å²) in [5, 5.41) is 2.48. The van der Waals surface area contributed by atoms with Crippen molar-refractivity contribution >= 4 is 17.8 Å². The Morgan fingerprint density at radius 2 is 1.80 bits per heavy atom. The zero-order valence-electron chi connectivity index (χ0n) is 14.5. The minimum Gasteiger partial charge on any atom is -0.383 e. The Balaban J connectivity index is 2.20. The Labute approximate surface area is 146 Å². The number of carbonyl (C=O) groups is 3. The third kappa shape index (κ3) is 4.77. The Bertz CT molecular complexity index is 610. The smallest absolute Gasteiger partial charge is 0.324 e. The van der Waals surface area contributed by atoms with Gasteiger partial charge in [-0.3, -0.25) is 14.5 Å². The molecule has 1 heterocycles. The summed E-state index contributed by atoms with van der Waals surface area (Å²) in [6.45, 7) is 1.72. The highest BCUT2D eigenvalue weighted by atomic mass is 16.5. The monoisotopic (exact) mass is 349 g/mol. The predicted molar refractivity (Wildman–Crippen MR) is 90.0 cm³/mol. The molecule has 2 rings (SSSR count). The second-order valence-electron chi connectivity index (χ2n) is 5.57. The summed E-state index contributed by atoms with van der Waals surface area (Å²) in [6.07, 6.45) is 0. The number of amides is 4. The van der Waals surface area contributed by atoms with E-state index in [1.165, 1.54) is 0 Å². The number of nitrogens with zero attached hydrogens (tertiary/aromatic N) is 2. The zero-order chi connectivity index (χ0) is 18.2. The molecule has 0 aromatic heterocycles.